The van der Waals surface area contributed by atoms with Crippen LogP contribution in [0, 0.1) is 0 Å². The molecule has 2 aromatic rings. The number of hydrogen-bond donors (Lipinski definition) is 1. The second-order valence-corrected chi connectivity index (χ2v) is 4.85. The Morgan fingerprint density at radius 2 is 2.00 bits per heavy atom. The molecule has 0 bridgehead atoms. The molecule has 0 spiro atoms. The highest BCUT2D eigenvalue weighted by molar-refractivity contribution is 7.18. The first-order valence-electron chi connectivity index (χ1n) is 5.26. The summed E-state index contributed by atoms with van der Waals surface area (Å²) >= 11 is 0.873. The normalized spacial score (nSPS) is 13.8. The lowest BCUT2D eigenvalue weighted by atomic mass is 10.2. The average molecular weight is 274 g/mol. The molecule has 0 aliphatic carbocycles. The van der Waals surface area contributed by atoms with E-state index in [0.717, 1.165) is 16.2 Å². The third-order valence-electron chi connectivity index (χ3n) is 2.67. The number of carboxylic acid groups (broad SMARTS) is 1. The fourth-order valence-electron chi connectivity index (χ4n) is 1.83. The summed E-state index contributed by atoms with van der Waals surface area (Å²) in [5.74, 6) is -2.10. The number of pyridine rings is 1. The van der Waals surface area contributed by atoms with Crippen molar-refractivity contribution in [1.29, 1.82) is 0 Å². The third kappa shape index (κ3) is 1.63. The van der Waals surface area contributed by atoms with Crippen LogP contribution in [0.1, 0.15) is 30.5 Å². The lowest BCUT2D eigenvalue weighted by molar-refractivity contribution is 0.0701. The molecule has 7 heteroatoms. The van der Waals surface area contributed by atoms with Crippen molar-refractivity contribution in [3.05, 3.63) is 46.6 Å². The van der Waals surface area contributed by atoms with Crippen molar-refractivity contribution < 1.29 is 19.5 Å². The van der Waals surface area contributed by atoms with Crippen LogP contribution < -0.4 is 4.90 Å². The Morgan fingerprint density at radius 3 is 2.63 bits per heavy atom. The van der Waals surface area contributed by atoms with Crippen LogP contribution in [0.4, 0.5) is 5.00 Å². The van der Waals surface area contributed by atoms with E-state index in [-0.39, 0.29) is 21.1 Å². The van der Waals surface area contributed by atoms with Crippen LogP contribution in [-0.4, -0.2) is 27.9 Å². The Balaban J connectivity index is 2.06. The first kappa shape index (κ1) is 11.5. The van der Waals surface area contributed by atoms with Crippen LogP contribution in [0.5, 0.6) is 0 Å². The number of amides is 2. The molecule has 1 aliphatic heterocycles. The highest BCUT2D eigenvalue weighted by Crippen LogP contribution is 2.32. The van der Waals surface area contributed by atoms with Crippen molar-refractivity contribution in [2.24, 2.45) is 0 Å². The molecule has 2 amide bonds. The van der Waals surface area contributed by atoms with Crippen molar-refractivity contribution >= 4 is 34.1 Å². The maximum Gasteiger partial charge on any atom is 0.345 e. The predicted molar refractivity (Wildman–Crippen MR) is 66.7 cm³/mol. The molecular formula is C12H6N2O4S. The van der Waals surface area contributed by atoms with Gasteiger partial charge in [0.05, 0.1) is 5.56 Å². The molecule has 0 radical (unpaired) electrons. The third-order valence-corrected chi connectivity index (χ3v) is 3.73. The number of anilines is 1. The molecule has 19 heavy (non-hydrogen) atoms. The quantitative estimate of drug-likeness (QED) is 0.841. The number of nitrogens with zero attached hydrogens (tertiary/aromatic N) is 2. The van der Waals surface area contributed by atoms with Gasteiger partial charge in [0, 0.05) is 6.20 Å². The van der Waals surface area contributed by atoms with Crippen LogP contribution in [0.25, 0.3) is 0 Å². The number of rotatable bonds is 2. The van der Waals surface area contributed by atoms with Gasteiger partial charge in [0.25, 0.3) is 11.8 Å². The van der Waals surface area contributed by atoms with Gasteiger partial charge in [0.1, 0.15) is 15.6 Å². The molecule has 0 unspecified atom stereocenters. The maximum atomic E-state index is 12.1. The summed E-state index contributed by atoms with van der Waals surface area (Å²) in [6.45, 7) is 0. The SMILES string of the molecule is O=C(O)c1ccc(N2C(=O)c3cccnc3C2=O)s1. The Hall–Kier alpha value is -2.54. The monoisotopic (exact) mass is 274 g/mol. The Bertz CT molecular complexity index is 687. The summed E-state index contributed by atoms with van der Waals surface area (Å²) < 4.78 is 0. The summed E-state index contributed by atoms with van der Waals surface area (Å²) in [4.78, 5) is 39.9. The van der Waals surface area contributed by atoms with Crippen LogP contribution in [0.3, 0.4) is 0 Å². The first-order chi connectivity index (χ1) is 9.09. The van der Waals surface area contributed by atoms with Gasteiger partial charge in [-0.1, -0.05) is 0 Å². The fraction of sp³-hybridized carbons (Fsp3) is 0. The number of carbonyl (C=O) groups is 3. The predicted octanol–water partition coefficient (Wildman–Crippen LogP) is 1.64. The van der Waals surface area contributed by atoms with Gasteiger partial charge < -0.3 is 5.11 Å². The van der Waals surface area contributed by atoms with E-state index in [1.54, 1.807) is 6.07 Å². The molecule has 1 aliphatic rings. The second-order valence-electron chi connectivity index (χ2n) is 3.79. The van der Waals surface area contributed by atoms with E-state index in [1.807, 2.05) is 0 Å². The lowest BCUT2D eigenvalue weighted by Gasteiger charge is -2.09. The van der Waals surface area contributed by atoms with Crippen LogP contribution >= 0.6 is 11.3 Å². The van der Waals surface area contributed by atoms with Crippen LogP contribution in [0.15, 0.2) is 30.5 Å². The minimum absolute atomic E-state index is 0.0690. The molecule has 0 saturated heterocycles. The molecule has 3 rings (SSSR count). The van der Waals surface area contributed by atoms with E-state index >= 15 is 0 Å². The van der Waals surface area contributed by atoms with Gasteiger partial charge in [-0.15, -0.1) is 11.3 Å². The van der Waals surface area contributed by atoms with E-state index in [4.69, 9.17) is 5.11 Å². The van der Waals surface area contributed by atoms with Gasteiger partial charge >= 0.3 is 5.97 Å². The van der Waals surface area contributed by atoms with E-state index in [0.29, 0.717) is 0 Å². The highest BCUT2D eigenvalue weighted by atomic mass is 32.1. The van der Waals surface area contributed by atoms with Gasteiger partial charge in [-0.25, -0.2) is 9.69 Å². The molecule has 3 heterocycles. The molecule has 2 aromatic heterocycles. The number of carbonyl (C=O) groups excluding carboxylic acids is 2. The number of thiophene rings is 1. The van der Waals surface area contributed by atoms with Gasteiger partial charge in [-0.05, 0) is 24.3 Å². The maximum absolute atomic E-state index is 12.1. The highest BCUT2D eigenvalue weighted by Gasteiger charge is 2.38. The zero-order valence-electron chi connectivity index (χ0n) is 9.36. The number of aromatic nitrogens is 1. The van der Waals surface area contributed by atoms with Crippen molar-refractivity contribution in [2.45, 2.75) is 0 Å². The van der Waals surface area contributed by atoms with E-state index in [1.165, 1.54) is 24.4 Å². The molecular weight excluding hydrogens is 268 g/mol. The van der Waals surface area contributed by atoms with Crippen LogP contribution in [0.2, 0.25) is 0 Å². The minimum atomic E-state index is -1.09. The summed E-state index contributed by atoms with van der Waals surface area (Å²) in [6.07, 6.45) is 1.44. The zero-order chi connectivity index (χ0) is 13.6. The average Bonchev–Trinajstić information content (AvgIpc) is 2.96. The van der Waals surface area contributed by atoms with Crippen molar-refractivity contribution in [3.8, 4) is 0 Å². The number of hydrogen-bond acceptors (Lipinski definition) is 5. The minimum Gasteiger partial charge on any atom is -0.477 e. The second kappa shape index (κ2) is 3.99. The first-order valence-corrected chi connectivity index (χ1v) is 6.08. The molecule has 0 atom stereocenters. The Morgan fingerprint density at radius 1 is 1.21 bits per heavy atom. The fourth-order valence-corrected chi connectivity index (χ4v) is 2.67. The zero-order valence-corrected chi connectivity index (χ0v) is 10.2. The van der Waals surface area contributed by atoms with Gasteiger partial charge in [-0.3, -0.25) is 14.6 Å². The molecule has 0 fully saturated rings. The van der Waals surface area contributed by atoms with E-state index in [2.05, 4.69) is 4.98 Å². The largest absolute Gasteiger partial charge is 0.477 e. The number of carboxylic acids is 1. The summed E-state index contributed by atoms with van der Waals surface area (Å²) in [5.41, 5.74) is 0.329. The molecule has 0 aromatic carbocycles. The number of fused-ring (bicyclic) bond motifs is 1. The van der Waals surface area contributed by atoms with Crippen LogP contribution in [-0.2, 0) is 0 Å². The van der Waals surface area contributed by atoms with Gasteiger partial charge in [0.15, 0.2) is 0 Å². The standard InChI is InChI=1S/C12H6N2O4S/c15-10-6-2-1-5-13-9(6)11(16)14(10)8-4-3-7(19-8)12(17)18/h1-5H,(H,17,18). The molecule has 94 valence electrons. The van der Waals surface area contributed by atoms with Crippen molar-refractivity contribution in [3.63, 3.8) is 0 Å². The summed E-state index contributed by atoms with van der Waals surface area (Å²) in [7, 11) is 0. The van der Waals surface area contributed by atoms with Gasteiger partial charge in [0.2, 0.25) is 0 Å². The smallest absolute Gasteiger partial charge is 0.345 e. The Kier molecular flexibility index (Phi) is 2.42. The molecule has 6 nitrogen and oxygen atoms in total. The topological polar surface area (TPSA) is 87.6 Å². The number of imide groups is 1. The van der Waals surface area contributed by atoms with E-state index in [9.17, 15) is 14.4 Å². The summed E-state index contributed by atoms with van der Waals surface area (Å²) in [6, 6.07) is 5.90. The molecule has 1 N–H and O–H groups in total. The summed E-state index contributed by atoms with van der Waals surface area (Å²) in [5, 5.41) is 9.14. The van der Waals surface area contributed by atoms with E-state index < -0.39 is 17.8 Å². The lowest BCUT2D eigenvalue weighted by Crippen LogP contribution is -2.28. The molecule has 0 saturated carbocycles. The number of aromatic carboxylic acids is 1. The van der Waals surface area contributed by atoms with Crippen molar-refractivity contribution in [2.75, 3.05) is 4.90 Å². The van der Waals surface area contributed by atoms with Gasteiger partial charge in [-0.2, -0.15) is 0 Å². The Labute approximate surface area is 110 Å². The van der Waals surface area contributed by atoms with Crippen molar-refractivity contribution in [1.82, 2.24) is 4.98 Å².